The highest BCUT2D eigenvalue weighted by molar-refractivity contribution is 5.39. The van der Waals surface area contributed by atoms with Crippen molar-refractivity contribution in [1.29, 1.82) is 0 Å². The van der Waals surface area contributed by atoms with Crippen LogP contribution in [0, 0.1) is 6.92 Å². The number of hydrogen-bond acceptors (Lipinski definition) is 6. The Bertz CT molecular complexity index is 796. The van der Waals surface area contributed by atoms with E-state index in [9.17, 15) is 0 Å². The van der Waals surface area contributed by atoms with Crippen LogP contribution in [0.1, 0.15) is 36.4 Å². The number of ether oxygens (including phenoxy) is 1. The molecule has 0 bridgehead atoms. The Balaban J connectivity index is 1.31. The Morgan fingerprint density at radius 1 is 1.35 bits per heavy atom. The fourth-order valence-corrected chi connectivity index (χ4v) is 2.99. The number of hydrogen-bond donors (Lipinski definition) is 1. The number of pyridine rings is 1. The molecule has 0 amide bonds. The smallest absolute Gasteiger partial charge is 0.255 e. The molecule has 1 fully saturated rings. The lowest BCUT2D eigenvalue weighted by molar-refractivity contribution is 0.0263. The predicted molar refractivity (Wildman–Crippen MR) is 82.8 cm³/mol. The lowest BCUT2D eigenvalue weighted by Gasteiger charge is -2.13. The minimum absolute atomic E-state index is 0.0694. The lowest BCUT2D eigenvalue weighted by atomic mass is 10.2. The van der Waals surface area contributed by atoms with Crippen LogP contribution in [-0.4, -0.2) is 32.2 Å². The molecule has 2 atom stereocenters. The fourth-order valence-electron chi connectivity index (χ4n) is 2.99. The number of aryl methyl sites for hydroxylation is 1. The number of fused-ring (bicyclic) bond motifs is 1. The summed E-state index contributed by atoms with van der Waals surface area (Å²) in [6.45, 7) is 3.39. The lowest BCUT2D eigenvalue weighted by Crippen LogP contribution is -2.26. The van der Waals surface area contributed by atoms with Gasteiger partial charge in [-0.2, -0.15) is 4.98 Å². The summed E-state index contributed by atoms with van der Waals surface area (Å²) in [7, 11) is 0. The molecule has 0 unspecified atom stereocenters. The van der Waals surface area contributed by atoms with Gasteiger partial charge < -0.3 is 19.0 Å². The van der Waals surface area contributed by atoms with E-state index in [1.165, 1.54) is 5.69 Å². The highest BCUT2D eigenvalue weighted by atomic mass is 16.5. The van der Waals surface area contributed by atoms with Crippen LogP contribution in [0.4, 0.5) is 0 Å². The van der Waals surface area contributed by atoms with Crippen molar-refractivity contribution >= 4 is 5.65 Å². The molecule has 0 radical (unpaired) electrons. The maximum absolute atomic E-state index is 5.99. The third-order valence-corrected chi connectivity index (χ3v) is 4.12. The normalized spacial score (nSPS) is 21.3. The number of nitrogens with one attached hydrogen (secondary N) is 1. The third-order valence-electron chi connectivity index (χ3n) is 4.12. The molecule has 0 spiro atoms. The molecule has 3 aromatic heterocycles. The van der Waals surface area contributed by atoms with Crippen molar-refractivity contribution in [2.75, 3.05) is 6.54 Å². The number of imidazole rings is 1. The first-order valence-corrected chi connectivity index (χ1v) is 7.87. The highest BCUT2D eigenvalue weighted by Crippen LogP contribution is 2.31. The van der Waals surface area contributed by atoms with Gasteiger partial charge in [-0.15, -0.1) is 0 Å². The van der Waals surface area contributed by atoms with Gasteiger partial charge in [0.25, 0.3) is 5.89 Å². The zero-order chi connectivity index (χ0) is 15.6. The summed E-state index contributed by atoms with van der Waals surface area (Å²) in [5.41, 5.74) is 2.15. The van der Waals surface area contributed by atoms with E-state index in [0.29, 0.717) is 11.7 Å². The third kappa shape index (κ3) is 2.97. The second kappa shape index (κ2) is 6.10. The second-order valence-electron chi connectivity index (χ2n) is 5.81. The van der Waals surface area contributed by atoms with Crippen LogP contribution in [0.5, 0.6) is 0 Å². The minimum atomic E-state index is -0.0694. The SMILES string of the molecule is Cc1noc([C@@H]2CC[C@H](CNCc3cccc4nccn34)O2)n1. The Kier molecular flexibility index (Phi) is 3.80. The van der Waals surface area contributed by atoms with Gasteiger partial charge in [-0.25, -0.2) is 4.98 Å². The standard InChI is InChI=1S/C16H19N5O2/c1-11-19-16(23-20-11)14-6-5-13(22-14)10-17-9-12-3-2-4-15-18-7-8-21(12)15/h2-4,7-8,13-14,17H,5-6,9-10H2,1H3/t13-,14+/m1/s1. The Hall–Kier alpha value is -2.25. The summed E-state index contributed by atoms with van der Waals surface area (Å²) in [5.74, 6) is 1.24. The number of aromatic nitrogens is 4. The molecule has 0 saturated carbocycles. The van der Waals surface area contributed by atoms with Crippen LogP contribution in [-0.2, 0) is 11.3 Å². The largest absolute Gasteiger partial charge is 0.364 e. The van der Waals surface area contributed by atoms with Crippen LogP contribution in [0.2, 0.25) is 0 Å². The molecule has 4 rings (SSSR count). The Morgan fingerprint density at radius 3 is 3.17 bits per heavy atom. The maximum atomic E-state index is 5.99. The molecule has 3 aromatic rings. The first kappa shape index (κ1) is 14.3. The van der Waals surface area contributed by atoms with Crippen molar-refractivity contribution in [2.45, 2.75) is 38.5 Å². The zero-order valence-corrected chi connectivity index (χ0v) is 13.0. The molecule has 1 aliphatic heterocycles. The molecule has 120 valence electrons. The predicted octanol–water partition coefficient (Wildman–Crippen LogP) is 2.04. The zero-order valence-electron chi connectivity index (χ0n) is 13.0. The fraction of sp³-hybridized carbons (Fsp3) is 0.438. The van der Waals surface area contributed by atoms with Crippen molar-refractivity contribution < 1.29 is 9.26 Å². The van der Waals surface area contributed by atoms with E-state index in [4.69, 9.17) is 9.26 Å². The average molecular weight is 313 g/mol. The minimum Gasteiger partial charge on any atom is -0.364 e. The van der Waals surface area contributed by atoms with Crippen molar-refractivity contribution in [3.05, 3.63) is 48.0 Å². The average Bonchev–Trinajstić information content (AvgIpc) is 3.26. The summed E-state index contributed by atoms with van der Waals surface area (Å²) >= 11 is 0. The van der Waals surface area contributed by atoms with Crippen LogP contribution in [0.3, 0.4) is 0 Å². The molecule has 7 nitrogen and oxygen atoms in total. The molecule has 1 N–H and O–H groups in total. The molecule has 0 aliphatic carbocycles. The van der Waals surface area contributed by atoms with Crippen molar-refractivity contribution in [2.24, 2.45) is 0 Å². The first-order valence-electron chi connectivity index (χ1n) is 7.87. The van der Waals surface area contributed by atoms with Crippen LogP contribution in [0.15, 0.2) is 35.1 Å². The van der Waals surface area contributed by atoms with Crippen molar-refractivity contribution in [3.63, 3.8) is 0 Å². The highest BCUT2D eigenvalue weighted by Gasteiger charge is 2.30. The molecule has 4 heterocycles. The summed E-state index contributed by atoms with van der Waals surface area (Å²) in [5, 5.41) is 7.28. The number of nitrogens with zero attached hydrogens (tertiary/aromatic N) is 4. The van der Waals surface area contributed by atoms with Gasteiger partial charge in [0.05, 0.1) is 6.10 Å². The van der Waals surface area contributed by atoms with E-state index < -0.39 is 0 Å². The Morgan fingerprint density at radius 2 is 2.30 bits per heavy atom. The molecule has 7 heteroatoms. The second-order valence-corrected chi connectivity index (χ2v) is 5.81. The van der Waals surface area contributed by atoms with Crippen molar-refractivity contribution in [3.8, 4) is 0 Å². The molecule has 0 aromatic carbocycles. The van der Waals surface area contributed by atoms with E-state index in [1.54, 1.807) is 0 Å². The molecular weight excluding hydrogens is 294 g/mol. The van der Waals surface area contributed by atoms with Gasteiger partial charge in [-0.05, 0) is 31.9 Å². The topological polar surface area (TPSA) is 77.5 Å². The molecule has 1 aliphatic rings. The first-order chi connectivity index (χ1) is 11.3. The van der Waals surface area contributed by atoms with E-state index >= 15 is 0 Å². The van der Waals surface area contributed by atoms with Gasteiger partial charge >= 0.3 is 0 Å². The van der Waals surface area contributed by atoms with Crippen LogP contribution < -0.4 is 5.32 Å². The molecule has 23 heavy (non-hydrogen) atoms. The van der Waals surface area contributed by atoms with E-state index in [0.717, 1.165) is 31.6 Å². The summed E-state index contributed by atoms with van der Waals surface area (Å²) in [6, 6.07) is 6.13. The number of rotatable bonds is 5. The maximum Gasteiger partial charge on any atom is 0.255 e. The van der Waals surface area contributed by atoms with Gasteiger partial charge in [0.2, 0.25) is 0 Å². The summed E-state index contributed by atoms with van der Waals surface area (Å²) in [6.07, 6.45) is 5.82. The van der Waals surface area contributed by atoms with Crippen LogP contribution >= 0.6 is 0 Å². The molecular formula is C16H19N5O2. The Labute approximate surface area is 133 Å². The van der Waals surface area contributed by atoms with Gasteiger partial charge in [0.15, 0.2) is 5.82 Å². The van der Waals surface area contributed by atoms with E-state index in [2.05, 4.69) is 30.9 Å². The monoisotopic (exact) mass is 313 g/mol. The van der Waals surface area contributed by atoms with Gasteiger partial charge in [-0.3, -0.25) is 0 Å². The summed E-state index contributed by atoms with van der Waals surface area (Å²) in [4.78, 5) is 8.55. The van der Waals surface area contributed by atoms with Gasteiger partial charge in [0, 0.05) is 31.2 Å². The van der Waals surface area contributed by atoms with Gasteiger partial charge in [0.1, 0.15) is 11.8 Å². The summed E-state index contributed by atoms with van der Waals surface area (Å²) < 4.78 is 13.3. The van der Waals surface area contributed by atoms with E-state index in [1.807, 2.05) is 31.5 Å². The van der Waals surface area contributed by atoms with Gasteiger partial charge in [-0.1, -0.05) is 11.2 Å². The molecule has 1 saturated heterocycles. The quantitative estimate of drug-likeness (QED) is 0.776. The van der Waals surface area contributed by atoms with E-state index in [-0.39, 0.29) is 12.2 Å². The van der Waals surface area contributed by atoms with Crippen LogP contribution in [0.25, 0.3) is 5.65 Å². The van der Waals surface area contributed by atoms with Crippen molar-refractivity contribution in [1.82, 2.24) is 24.8 Å².